The molecule has 0 saturated carbocycles. The molecule has 1 fully saturated rings. The Kier molecular flexibility index (Phi) is 4.93. The van der Waals surface area contributed by atoms with E-state index in [0.717, 1.165) is 34.7 Å². The number of amides is 1. The number of oxazole rings is 1. The summed E-state index contributed by atoms with van der Waals surface area (Å²) >= 11 is 1.44. The van der Waals surface area contributed by atoms with E-state index in [0.29, 0.717) is 18.8 Å². The molecule has 0 radical (unpaired) electrons. The minimum atomic E-state index is -0.262. The lowest BCUT2D eigenvalue weighted by Crippen LogP contribution is -2.39. The van der Waals surface area contributed by atoms with Gasteiger partial charge >= 0.3 is 0 Å². The first-order valence-corrected chi connectivity index (χ1v) is 9.69. The van der Waals surface area contributed by atoms with Gasteiger partial charge in [-0.3, -0.25) is 4.79 Å². The molecule has 0 atom stereocenters. The number of piperidine rings is 1. The minimum absolute atomic E-state index is 0.121. The first kappa shape index (κ1) is 17.1. The summed E-state index contributed by atoms with van der Waals surface area (Å²) in [6.45, 7) is 1.43. The summed E-state index contributed by atoms with van der Waals surface area (Å²) in [7, 11) is 0. The Morgan fingerprint density at radius 1 is 1.15 bits per heavy atom. The molecular formula is C20H19FN2O2S. The SMILES string of the molecule is O=C(CSc1ccc(F)cc1)N1CCC(c2nc3ccccc3o2)CC1. The van der Waals surface area contributed by atoms with Crippen molar-refractivity contribution in [2.45, 2.75) is 23.7 Å². The van der Waals surface area contributed by atoms with Crippen molar-refractivity contribution in [1.82, 2.24) is 9.88 Å². The van der Waals surface area contributed by atoms with Crippen LogP contribution >= 0.6 is 11.8 Å². The zero-order chi connectivity index (χ0) is 17.9. The van der Waals surface area contributed by atoms with Crippen molar-refractivity contribution < 1.29 is 13.6 Å². The molecule has 1 amide bonds. The molecule has 0 aliphatic carbocycles. The maximum absolute atomic E-state index is 12.9. The van der Waals surface area contributed by atoms with Crippen molar-refractivity contribution in [3.05, 3.63) is 60.2 Å². The van der Waals surface area contributed by atoms with Gasteiger partial charge in [-0.2, -0.15) is 0 Å². The second-order valence-electron chi connectivity index (χ2n) is 6.42. The van der Waals surface area contributed by atoms with Gasteiger partial charge < -0.3 is 9.32 Å². The van der Waals surface area contributed by atoms with Crippen molar-refractivity contribution in [3.8, 4) is 0 Å². The largest absolute Gasteiger partial charge is 0.440 e. The molecule has 2 aromatic carbocycles. The number of fused-ring (bicyclic) bond motifs is 1. The molecule has 0 spiro atoms. The van der Waals surface area contributed by atoms with Crippen LogP contribution in [0.3, 0.4) is 0 Å². The number of hydrogen-bond donors (Lipinski definition) is 0. The fourth-order valence-corrected chi connectivity index (χ4v) is 4.01. The van der Waals surface area contributed by atoms with Crippen molar-refractivity contribution in [2.75, 3.05) is 18.8 Å². The van der Waals surface area contributed by atoms with Crippen molar-refractivity contribution in [3.63, 3.8) is 0 Å². The van der Waals surface area contributed by atoms with Crippen LogP contribution in [0.15, 0.2) is 57.8 Å². The van der Waals surface area contributed by atoms with Crippen molar-refractivity contribution in [1.29, 1.82) is 0 Å². The zero-order valence-electron chi connectivity index (χ0n) is 14.2. The molecular weight excluding hydrogens is 351 g/mol. The van der Waals surface area contributed by atoms with E-state index < -0.39 is 0 Å². The highest BCUT2D eigenvalue weighted by Crippen LogP contribution is 2.30. The van der Waals surface area contributed by atoms with Gasteiger partial charge in [-0.25, -0.2) is 9.37 Å². The molecule has 134 valence electrons. The van der Waals surface area contributed by atoms with E-state index in [1.54, 1.807) is 12.1 Å². The number of thioether (sulfide) groups is 1. The lowest BCUT2D eigenvalue weighted by molar-refractivity contribution is -0.129. The number of benzene rings is 2. The number of aromatic nitrogens is 1. The Balaban J connectivity index is 1.31. The summed E-state index contributed by atoms with van der Waals surface area (Å²) in [6, 6.07) is 14.0. The third kappa shape index (κ3) is 3.75. The maximum Gasteiger partial charge on any atom is 0.232 e. The molecule has 4 nitrogen and oxygen atoms in total. The van der Waals surface area contributed by atoms with Gasteiger partial charge in [0.2, 0.25) is 5.91 Å². The lowest BCUT2D eigenvalue weighted by Gasteiger charge is -2.30. The molecule has 0 bridgehead atoms. The number of carbonyl (C=O) groups excluding carboxylic acids is 1. The molecule has 0 unspecified atom stereocenters. The number of para-hydroxylation sites is 2. The van der Waals surface area contributed by atoms with Gasteiger partial charge in [-0.15, -0.1) is 11.8 Å². The molecule has 3 aromatic rings. The van der Waals surface area contributed by atoms with E-state index >= 15 is 0 Å². The maximum atomic E-state index is 12.9. The van der Waals surface area contributed by atoms with E-state index in [4.69, 9.17) is 4.42 Å². The molecule has 1 aliphatic heterocycles. The van der Waals surface area contributed by atoms with Crippen LogP contribution in [0.2, 0.25) is 0 Å². The first-order valence-electron chi connectivity index (χ1n) is 8.70. The summed E-state index contributed by atoms with van der Waals surface area (Å²) in [4.78, 5) is 19.8. The molecule has 1 saturated heterocycles. The van der Waals surface area contributed by atoms with Gasteiger partial charge in [0, 0.05) is 23.9 Å². The van der Waals surface area contributed by atoms with Crippen LogP contribution in [0.25, 0.3) is 11.1 Å². The van der Waals surface area contributed by atoms with Crippen LogP contribution in [-0.4, -0.2) is 34.6 Å². The molecule has 0 N–H and O–H groups in total. The van der Waals surface area contributed by atoms with Gasteiger partial charge in [-0.1, -0.05) is 12.1 Å². The van der Waals surface area contributed by atoms with E-state index in [1.807, 2.05) is 29.2 Å². The third-order valence-electron chi connectivity index (χ3n) is 4.68. The van der Waals surface area contributed by atoms with Gasteiger partial charge in [0.1, 0.15) is 11.3 Å². The number of rotatable bonds is 4. The molecule has 1 aromatic heterocycles. The second-order valence-corrected chi connectivity index (χ2v) is 7.47. The zero-order valence-corrected chi connectivity index (χ0v) is 15.0. The number of carbonyl (C=O) groups is 1. The monoisotopic (exact) mass is 370 g/mol. The summed E-state index contributed by atoms with van der Waals surface area (Å²) in [5, 5.41) is 0. The van der Waals surface area contributed by atoms with E-state index in [9.17, 15) is 9.18 Å². The highest BCUT2D eigenvalue weighted by molar-refractivity contribution is 8.00. The Morgan fingerprint density at radius 3 is 2.62 bits per heavy atom. The fourth-order valence-electron chi connectivity index (χ4n) is 3.21. The first-order chi connectivity index (χ1) is 12.7. The number of hydrogen-bond acceptors (Lipinski definition) is 4. The normalized spacial score (nSPS) is 15.5. The van der Waals surface area contributed by atoms with Crippen molar-refractivity contribution in [2.24, 2.45) is 0 Å². The van der Waals surface area contributed by atoms with Gasteiger partial charge in [0.15, 0.2) is 11.5 Å². The Bertz CT molecular complexity index is 869. The third-order valence-corrected chi connectivity index (χ3v) is 5.68. The van der Waals surface area contributed by atoms with Crippen LogP contribution in [0, 0.1) is 5.82 Å². The minimum Gasteiger partial charge on any atom is -0.440 e. The van der Waals surface area contributed by atoms with E-state index in [1.165, 1.54) is 23.9 Å². The average Bonchev–Trinajstić information content (AvgIpc) is 3.12. The Hall–Kier alpha value is -2.34. The fraction of sp³-hybridized carbons (Fsp3) is 0.300. The molecule has 6 heteroatoms. The van der Waals surface area contributed by atoms with Gasteiger partial charge in [0.25, 0.3) is 0 Å². The number of likely N-dealkylation sites (tertiary alicyclic amines) is 1. The predicted molar refractivity (Wildman–Crippen MR) is 99.7 cm³/mol. The number of halogens is 1. The van der Waals surface area contributed by atoms with Crippen LogP contribution in [0.5, 0.6) is 0 Å². The topological polar surface area (TPSA) is 46.3 Å². The quantitative estimate of drug-likeness (QED) is 0.636. The predicted octanol–water partition coefficient (Wildman–Crippen LogP) is 4.47. The van der Waals surface area contributed by atoms with Crippen LogP contribution < -0.4 is 0 Å². The molecule has 4 rings (SSSR count). The summed E-state index contributed by atoms with van der Waals surface area (Å²) in [6.07, 6.45) is 1.72. The highest BCUT2D eigenvalue weighted by Gasteiger charge is 2.26. The van der Waals surface area contributed by atoms with E-state index in [2.05, 4.69) is 4.98 Å². The number of nitrogens with zero attached hydrogens (tertiary/aromatic N) is 2. The lowest BCUT2D eigenvalue weighted by atomic mass is 9.97. The summed E-state index contributed by atoms with van der Waals surface area (Å²) in [5.41, 5.74) is 1.70. The average molecular weight is 370 g/mol. The second kappa shape index (κ2) is 7.50. The van der Waals surface area contributed by atoms with E-state index in [-0.39, 0.29) is 17.6 Å². The highest BCUT2D eigenvalue weighted by atomic mass is 32.2. The van der Waals surface area contributed by atoms with Gasteiger partial charge in [0.05, 0.1) is 5.75 Å². The Morgan fingerprint density at radius 2 is 1.88 bits per heavy atom. The van der Waals surface area contributed by atoms with Gasteiger partial charge in [-0.05, 0) is 49.2 Å². The van der Waals surface area contributed by atoms with Crippen LogP contribution in [-0.2, 0) is 4.79 Å². The standard InChI is InChI=1S/C20H19FN2O2S/c21-15-5-7-16(8-6-15)26-13-19(24)23-11-9-14(10-12-23)20-22-17-3-1-2-4-18(17)25-20/h1-8,14H,9-13H2. The van der Waals surface area contributed by atoms with Crippen molar-refractivity contribution >= 4 is 28.8 Å². The van der Waals surface area contributed by atoms with Crippen LogP contribution in [0.4, 0.5) is 4.39 Å². The molecule has 2 heterocycles. The summed E-state index contributed by atoms with van der Waals surface area (Å²) in [5.74, 6) is 1.27. The Labute approximate surface area is 155 Å². The summed E-state index contributed by atoms with van der Waals surface area (Å²) < 4.78 is 18.8. The molecule has 26 heavy (non-hydrogen) atoms. The molecule has 1 aliphatic rings. The smallest absolute Gasteiger partial charge is 0.232 e. The van der Waals surface area contributed by atoms with Crippen LogP contribution in [0.1, 0.15) is 24.7 Å².